The number of hydrogen-bond acceptors (Lipinski definition) is 3. The fourth-order valence-corrected chi connectivity index (χ4v) is 2.11. The summed E-state index contributed by atoms with van der Waals surface area (Å²) >= 11 is 0. The van der Waals surface area contributed by atoms with Crippen LogP contribution in [-0.4, -0.2) is 22.3 Å². The van der Waals surface area contributed by atoms with Crippen LogP contribution in [0.4, 0.5) is 0 Å². The molecule has 0 aliphatic carbocycles. The van der Waals surface area contributed by atoms with Crippen molar-refractivity contribution < 1.29 is 9.53 Å². The van der Waals surface area contributed by atoms with Crippen LogP contribution in [0.3, 0.4) is 0 Å². The molecule has 4 nitrogen and oxygen atoms in total. The van der Waals surface area contributed by atoms with E-state index in [4.69, 9.17) is 4.74 Å². The lowest BCUT2D eigenvalue weighted by Gasteiger charge is -2.08. The second kappa shape index (κ2) is 6.37. The van der Waals surface area contributed by atoms with Crippen LogP contribution in [-0.2, 0) is 0 Å². The molecule has 0 bridgehead atoms. The standard InChI is InChI=1S/C16H20N2O2/c1-12-7-4-5-8-15(12)20-10-6-9-16(19)18-14(3)11-13(2)17-18/h4-5,7-8,11H,6,9-10H2,1-3H3. The zero-order valence-electron chi connectivity index (χ0n) is 12.2. The van der Waals surface area contributed by atoms with Crippen molar-refractivity contribution in [3.63, 3.8) is 0 Å². The number of nitrogens with zero attached hydrogens (tertiary/aromatic N) is 2. The van der Waals surface area contributed by atoms with Crippen molar-refractivity contribution in [2.75, 3.05) is 6.61 Å². The molecule has 0 spiro atoms. The zero-order valence-corrected chi connectivity index (χ0v) is 12.2. The molecule has 0 aliphatic rings. The highest BCUT2D eigenvalue weighted by atomic mass is 16.5. The first kappa shape index (κ1) is 14.3. The van der Waals surface area contributed by atoms with E-state index in [0.29, 0.717) is 19.4 Å². The molecule has 0 aliphatic heterocycles. The molecule has 2 aromatic rings. The van der Waals surface area contributed by atoms with Crippen LogP contribution in [0.2, 0.25) is 0 Å². The van der Waals surface area contributed by atoms with Crippen LogP contribution in [0.15, 0.2) is 30.3 Å². The van der Waals surface area contributed by atoms with Gasteiger partial charge in [0.15, 0.2) is 0 Å². The summed E-state index contributed by atoms with van der Waals surface area (Å²) in [6.45, 7) is 6.33. The minimum Gasteiger partial charge on any atom is -0.493 e. The number of benzene rings is 1. The highest BCUT2D eigenvalue weighted by molar-refractivity contribution is 5.78. The molecule has 20 heavy (non-hydrogen) atoms. The Bertz CT molecular complexity index is 602. The highest BCUT2D eigenvalue weighted by Gasteiger charge is 2.09. The lowest BCUT2D eigenvalue weighted by molar-refractivity contribution is 0.0874. The Morgan fingerprint density at radius 3 is 2.65 bits per heavy atom. The number of aromatic nitrogens is 2. The average Bonchev–Trinajstić information content (AvgIpc) is 2.75. The van der Waals surface area contributed by atoms with Gasteiger partial charge in [0.1, 0.15) is 5.75 Å². The van der Waals surface area contributed by atoms with Gasteiger partial charge in [-0.2, -0.15) is 5.10 Å². The summed E-state index contributed by atoms with van der Waals surface area (Å²) in [6, 6.07) is 9.79. The molecule has 1 aromatic heterocycles. The Kier molecular flexibility index (Phi) is 4.56. The first-order valence-electron chi connectivity index (χ1n) is 6.83. The summed E-state index contributed by atoms with van der Waals surface area (Å²) in [5, 5.41) is 4.19. The van der Waals surface area contributed by atoms with Gasteiger partial charge in [-0.1, -0.05) is 18.2 Å². The lowest BCUT2D eigenvalue weighted by Crippen LogP contribution is -2.15. The van der Waals surface area contributed by atoms with Gasteiger partial charge in [-0.05, 0) is 44.9 Å². The summed E-state index contributed by atoms with van der Waals surface area (Å²) in [7, 11) is 0. The van der Waals surface area contributed by atoms with E-state index in [2.05, 4.69) is 5.10 Å². The Morgan fingerprint density at radius 2 is 2.00 bits per heavy atom. The van der Waals surface area contributed by atoms with Crippen LogP contribution in [0.1, 0.15) is 34.6 Å². The molecule has 0 radical (unpaired) electrons. The zero-order chi connectivity index (χ0) is 14.5. The molecule has 0 amide bonds. The normalized spacial score (nSPS) is 10.6. The summed E-state index contributed by atoms with van der Waals surface area (Å²) in [5.74, 6) is 0.898. The molecule has 1 heterocycles. The summed E-state index contributed by atoms with van der Waals surface area (Å²) < 4.78 is 7.15. The van der Waals surface area contributed by atoms with Crippen molar-refractivity contribution in [1.29, 1.82) is 0 Å². The van der Waals surface area contributed by atoms with E-state index in [1.54, 1.807) is 0 Å². The predicted molar refractivity (Wildman–Crippen MR) is 78.2 cm³/mol. The van der Waals surface area contributed by atoms with Gasteiger partial charge in [0.2, 0.25) is 5.91 Å². The molecular weight excluding hydrogens is 252 g/mol. The second-order valence-electron chi connectivity index (χ2n) is 4.95. The molecule has 1 aromatic carbocycles. The predicted octanol–water partition coefficient (Wildman–Crippen LogP) is 3.31. The van der Waals surface area contributed by atoms with Gasteiger partial charge in [-0.25, -0.2) is 4.68 Å². The van der Waals surface area contributed by atoms with Gasteiger partial charge >= 0.3 is 0 Å². The van der Waals surface area contributed by atoms with Crippen LogP contribution in [0.5, 0.6) is 5.75 Å². The third-order valence-electron chi connectivity index (χ3n) is 3.13. The van der Waals surface area contributed by atoms with Gasteiger partial charge in [0.25, 0.3) is 0 Å². The van der Waals surface area contributed by atoms with Crippen LogP contribution in [0.25, 0.3) is 0 Å². The van der Waals surface area contributed by atoms with Crippen LogP contribution in [0, 0.1) is 20.8 Å². The number of carbonyl (C=O) groups is 1. The number of rotatable bonds is 5. The Hall–Kier alpha value is -2.10. The summed E-state index contributed by atoms with van der Waals surface area (Å²) in [5.41, 5.74) is 2.86. The van der Waals surface area contributed by atoms with Crippen molar-refractivity contribution in [3.8, 4) is 5.75 Å². The quantitative estimate of drug-likeness (QED) is 0.784. The molecule has 0 saturated carbocycles. The topological polar surface area (TPSA) is 44.1 Å². The van der Waals surface area contributed by atoms with E-state index in [0.717, 1.165) is 22.7 Å². The molecule has 0 saturated heterocycles. The maximum absolute atomic E-state index is 12.0. The van der Waals surface area contributed by atoms with E-state index in [1.807, 2.05) is 51.1 Å². The van der Waals surface area contributed by atoms with Gasteiger partial charge in [0, 0.05) is 12.1 Å². The van der Waals surface area contributed by atoms with Gasteiger partial charge in [-0.15, -0.1) is 0 Å². The van der Waals surface area contributed by atoms with E-state index in [1.165, 1.54) is 4.68 Å². The first-order chi connectivity index (χ1) is 9.58. The number of aryl methyl sites for hydroxylation is 3. The summed E-state index contributed by atoms with van der Waals surface area (Å²) in [4.78, 5) is 12.0. The third-order valence-corrected chi connectivity index (χ3v) is 3.13. The van der Waals surface area contributed by atoms with Crippen LogP contribution >= 0.6 is 0 Å². The molecule has 2 rings (SSSR count). The Balaban J connectivity index is 1.80. The largest absolute Gasteiger partial charge is 0.493 e. The molecule has 0 fully saturated rings. The van der Waals surface area contributed by atoms with E-state index < -0.39 is 0 Å². The van der Waals surface area contributed by atoms with Gasteiger partial charge in [-0.3, -0.25) is 4.79 Å². The minimum absolute atomic E-state index is 0.0176. The van der Waals surface area contributed by atoms with Gasteiger partial charge < -0.3 is 4.74 Å². The number of hydrogen-bond donors (Lipinski definition) is 0. The highest BCUT2D eigenvalue weighted by Crippen LogP contribution is 2.16. The minimum atomic E-state index is 0.0176. The van der Waals surface area contributed by atoms with Crippen LogP contribution < -0.4 is 4.74 Å². The number of carbonyl (C=O) groups excluding carboxylic acids is 1. The van der Waals surface area contributed by atoms with Gasteiger partial charge in [0.05, 0.1) is 12.3 Å². The number of ether oxygens (including phenoxy) is 1. The number of para-hydroxylation sites is 1. The van der Waals surface area contributed by atoms with E-state index in [9.17, 15) is 4.79 Å². The van der Waals surface area contributed by atoms with Crippen molar-refractivity contribution in [1.82, 2.24) is 9.78 Å². The summed E-state index contributed by atoms with van der Waals surface area (Å²) in [6.07, 6.45) is 1.12. The molecular formula is C16H20N2O2. The van der Waals surface area contributed by atoms with E-state index in [-0.39, 0.29) is 5.91 Å². The SMILES string of the molecule is Cc1cc(C)n(C(=O)CCCOc2ccccc2C)n1. The van der Waals surface area contributed by atoms with E-state index >= 15 is 0 Å². The Labute approximate surface area is 119 Å². The van der Waals surface area contributed by atoms with Crippen molar-refractivity contribution >= 4 is 5.91 Å². The van der Waals surface area contributed by atoms with Crippen molar-refractivity contribution in [2.24, 2.45) is 0 Å². The average molecular weight is 272 g/mol. The fraction of sp³-hybridized carbons (Fsp3) is 0.375. The first-order valence-corrected chi connectivity index (χ1v) is 6.83. The maximum Gasteiger partial charge on any atom is 0.247 e. The fourth-order valence-electron chi connectivity index (χ4n) is 2.11. The second-order valence-corrected chi connectivity index (χ2v) is 4.95. The van der Waals surface area contributed by atoms with Crippen molar-refractivity contribution in [2.45, 2.75) is 33.6 Å². The Morgan fingerprint density at radius 1 is 1.25 bits per heavy atom. The molecule has 4 heteroatoms. The monoisotopic (exact) mass is 272 g/mol. The maximum atomic E-state index is 12.0. The molecule has 0 N–H and O–H groups in total. The third kappa shape index (κ3) is 3.47. The lowest BCUT2D eigenvalue weighted by atomic mass is 10.2. The molecule has 106 valence electrons. The molecule has 0 unspecified atom stereocenters. The molecule has 0 atom stereocenters. The smallest absolute Gasteiger partial charge is 0.247 e. The van der Waals surface area contributed by atoms with Crippen molar-refractivity contribution in [3.05, 3.63) is 47.3 Å².